The summed E-state index contributed by atoms with van der Waals surface area (Å²) in [7, 11) is 3.11. The van der Waals surface area contributed by atoms with Gasteiger partial charge >= 0.3 is 29.3 Å². The fraction of sp³-hybridized carbons (Fsp3) is 0.541. The lowest BCUT2D eigenvalue weighted by molar-refractivity contribution is -0.146. The van der Waals surface area contributed by atoms with Crippen molar-refractivity contribution in [1.82, 2.24) is 18.3 Å². The van der Waals surface area contributed by atoms with E-state index in [2.05, 4.69) is 0 Å². The summed E-state index contributed by atoms with van der Waals surface area (Å²) in [6.45, 7) is 19.4. The molecule has 2 aliphatic rings. The van der Waals surface area contributed by atoms with E-state index in [0.717, 1.165) is 43.9 Å². The second-order valence-corrected chi connectivity index (χ2v) is 23.3. The van der Waals surface area contributed by atoms with Crippen LogP contribution < -0.4 is 61.7 Å². The number of para-hydroxylation sites is 2. The molecule has 2 atom stereocenters. The second kappa shape index (κ2) is 33.2. The molecule has 0 saturated carbocycles. The molecule has 0 amide bonds. The van der Waals surface area contributed by atoms with Gasteiger partial charge in [-0.3, -0.25) is 23.5 Å². The molecule has 0 unspecified atom stereocenters. The van der Waals surface area contributed by atoms with Crippen molar-refractivity contribution < 1.29 is 86.2 Å². The van der Waals surface area contributed by atoms with Crippen molar-refractivity contribution in [3.63, 3.8) is 0 Å². The van der Waals surface area contributed by atoms with E-state index in [4.69, 9.17) is 43.6 Å². The maximum absolute atomic E-state index is 14.3. The van der Waals surface area contributed by atoms with Crippen molar-refractivity contribution in [3.8, 4) is 11.5 Å². The molecule has 26 heteroatoms. The number of hydrogen-bond acceptors (Lipinski definition) is 19. The fourth-order valence-electron chi connectivity index (χ4n) is 10.3. The third-order valence-electron chi connectivity index (χ3n) is 14.9. The van der Waals surface area contributed by atoms with Crippen molar-refractivity contribution in [2.75, 3.05) is 60.4 Å². The van der Waals surface area contributed by atoms with Crippen molar-refractivity contribution in [2.45, 2.75) is 156 Å². The number of aromatic nitrogens is 4. The summed E-state index contributed by atoms with van der Waals surface area (Å²) in [6.07, 6.45) is 1.88. The number of fused-ring (bicyclic) bond motifs is 2. The van der Waals surface area contributed by atoms with Crippen LogP contribution in [-0.4, -0.2) is 120 Å². The van der Waals surface area contributed by atoms with Crippen LogP contribution in [0.15, 0.2) is 67.7 Å². The molecule has 6 heterocycles. The number of ether oxygens (including phenoxy) is 8. The third-order valence-corrected chi connectivity index (χ3v) is 17.5. The average Bonchev–Trinajstić information content (AvgIpc) is 1.74. The monoisotopic (exact) mass is 1380 g/mol. The first-order valence-electron chi connectivity index (χ1n) is 28.6. The maximum atomic E-state index is 14.3. The molecule has 6 aromatic rings. The Bertz CT molecular complexity index is 3590. The van der Waals surface area contributed by atoms with Crippen LogP contribution in [0.5, 0.6) is 11.5 Å². The number of hydrogen-bond donors (Lipinski definition) is 2. The molecule has 87 heavy (non-hydrogen) atoms. The molecule has 0 radical (unpaired) electrons. The summed E-state index contributed by atoms with van der Waals surface area (Å²) >= 11 is 2.01. The Kier molecular flexibility index (Phi) is 28.1. The third kappa shape index (κ3) is 16.4. The van der Waals surface area contributed by atoms with Gasteiger partial charge < -0.3 is 72.7 Å². The molecule has 2 aliphatic heterocycles. The molecule has 8 rings (SSSR count). The minimum Gasteiger partial charge on any atom is -1.00 e. The molecule has 0 spiro atoms. The highest BCUT2D eigenvalue weighted by Crippen LogP contribution is 2.37. The van der Waals surface area contributed by atoms with E-state index in [-0.39, 0.29) is 112 Å². The Morgan fingerprint density at radius 1 is 0.644 bits per heavy atom. The zero-order valence-corrected chi connectivity index (χ0v) is 56.1. The molecule has 22 nitrogen and oxygen atoms in total. The largest absolute Gasteiger partial charge is 1.00 e. The number of benzene rings is 2. The fourth-order valence-corrected chi connectivity index (χ4v) is 12.6. The van der Waals surface area contributed by atoms with Gasteiger partial charge in [0.1, 0.15) is 54.2 Å². The van der Waals surface area contributed by atoms with Crippen molar-refractivity contribution in [1.29, 1.82) is 0 Å². The molecule has 0 aliphatic carbocycles. The Balaban J connectivity index is 0.000000349. The van der Waals surface area contributed by atoms with Gasteiger partial charge in [0.2, 0.25) is 0 Å². The highest BCUT2D eigenvalue weighted by Gasteiger charge is 2.39. The van der Waals surface area contributed by atoms with Crippen molar-refractivity contribution in [2.24, 2.45) is 5.73 Å². The van der Waals surface area contributed by atoms with Crippen LogP contribution in [0.3, 0.4) is 0 Å². The Morgan fingerprint density at radius 2 is 1.00 bits per heavy atom. The van der Waals surface area contributed by atoms with E-state index in [1.165, 1.54) is 23.0 Å². The number of rotatable bonds is 22. The van der Waals surface area contributed by atoms with Crippen LogP contribution in [0.2, 0.25) is 0 Å². The van der Waals surface area contributed by atoms with Gasteiger partial charge in [-0.1, -0.05) is 50.2 Å². The van der Waals surface area contributed by atoms with E-state index in [0.29, 0.717) is 91.6 Å². The summed E-state index contributed by atoms with van der Waals surface area (Å²) in [5.74, 6) is -1.62. The van der Waals surface area contributed by atoms with Crippen molar-refractivity contribution in [3.05, 3.63) is 122 Å². The standard InChI is InChI=1S/C31H40N2O8S.C28H34N2O9S.C2H7N.ClH.HI/c1-7-11-24(34)31(4,5)33-27(35)25-19(3)26(29(36)40-8-2)42-28(25)32(30(33)37)18-23(41-20-14-16-39-17-15-20)21-12-9-10-13-22(21)38-6;1-6-38-25(32)22-16(2)21-23(31)30(28(3,4)26(33)34)27(35)29(24(21)40-22)15-20(39-17-11-13-37-14-12-17)18-9-7-8-10-19(18)36-5;1-2-3;;/h9-10,12-13,20,23H,7-8,11,14-18H2,1-6H3;7-10,17,20H,6,11-15H2,1-5H3,(H,33,34);2-3H2,1H3;2*1H/p-1/t23-;20-;;;/m00.../s1. The summed E-state index contributed by atoms with van der Waals surface area (Å²) < 4.78 is 50.5. The number of carbonyl (C=O) groups excluding carboxylic acids is 3. The smallest absolute Gasteiger partial charge is 0.348 e. The first kappa shape index (κ1) is 73.7. The van der Waals surface area contributed by atoms with E-state index in [9.17, 15) is 43.5 Å². The number of carbonyl (C=O) groups is 4. The number of Topliss-reactive ketones (excluding diaryl/α,β-unsaturated/α-hetero) is 1. The number of carboxylic acid groups (broad SMARTS) is 1. The topological polar surface area (TPSA) is 276 Å². The molecule has 2 aromatic carbocycles. The SMILES string of the molecule is CCCC(=O)C(C)(C)n1c(=O)c2c(C)c(C(=O)OCC)sc2n(C[C@H](OC2CCOCC2)c2ccccc2OC)c1=O.CCN.CCOC(=O)c1sc2c(c1C)c(=O)n(C(C)(C)C(=O)O)c(=O)n2C[C@H](OC1CCOCC1)c1ccccc1OC.Cl.[I-]. The van der Waals surface area contributed by atoms with Crippen LogP contribution in [0, 0.1) is 13.8 Å². The predicted octanol–water partition coefficient (Wildman–Crippen LogP) is 5.63. The van der Waals surface area contributed by atoms with Gasteiger partial charge in [0.05, 0.1) is 63.5 Å². The number of nitrogens with zero attached hydrogens (tertiary/aromatic N) is 4. The second-order valence-electron chi connectivity index (χ2n) is 21.3. The molecule has 4 aromatic heterocycles. The summed E-state index contributed by atoms with van der Waals surface area (Å²) in [5.41, 5.74) is 0.868. The molecule has 3 N–H and O–H groups in total. The number of methoxy groups -OCH3 is 2. The number of aryl methyl sites for hydroxylation is 2. The van der Waals surface area contributed by atoms with Gasteiger partial charge in [0.25, 0.3) is 11.1 Å². The Labute approximate surface area is 536 Å². The first-order valence-corrected chi connectivity index (χ1v) is 30.3. The first-order chi connectivity index (χ1) is 40.5. The van der Waals surface area contributed by atoms with Gasteiger partial charge in [-0.15, -0.1) is 35.1 Å². The number of aliphatic carboxylic acids is 1. The predicted molar refractivity (Wildman–Crippen MR) is 332 cm³/mol. The number of carboxylic acids is 1. The average molecular weight is 1380 g/mol. The quantitative estimate of drug-likeness (QED) is 0.0616. The maximum Gasteiger partial charge on any atom is 0.348 e. The van der Waals surface area contributed by atoms with Gasteiger partial charge in [-0.05, 0) is 117 Å². The number of halogens is 2. The highest BCUT2D eigenvalue weighted by atomic mass is 127. The van der Waals surface area contributed by atoms with Crippen LogP contribution in [0.1, 0.15) is 148 Å². The summed E-state index contributed by atoms with van der Waals surface area (Å²) in [6, 6.07) is 14.7. The van der Waals surface area contributed by atoms with Crippen LogP contribution in [-0.2, 0) is 62.2 Å². The molecule has 2 fully saturated rings. The van der Waals surface area contributed by atoms with E-state index >= 15 is 0 Å². The Morgan fingerprint density at radius 3 is 1.33 bits per heavy atom. The lowest BCUT2D eigenvalue weighted by Gasteiger charge is -2.30. The molecular formula is C61H82ClIN5O17S2-. The Hall–Kier alpha value is -5.78. The van der Waals surface area contributed by atoms with Crippen LogP contribution >= 0.6 is 35.1 Å². The van der Waals surface area contributed by atoms with Gasteiger partial charge in [0, 0.05) is 44.0 Å². The number of thiophene rings is 2. The molecule has 0 bridgehead atoms. The van der Waals surface area contributed by atoms with Gasteiger partial charge in [-0.25, -0.2) is 33.1 Å². The normalized spacial score (nSPS) is 14.5. The highest BCUT2D eigenvalue weighted by molar-refractivity contribution is 7.21. The summed E-state index contributed by atoms with van der Waals surface area (Å²) in [5, 5.41) is 10.3. The lowest BCUT2D eigenvalue weighted by atomic mass is 9.95. The lowest BCUT2D eigenvalue weighted by Crippen LogP contribution is -3.00. The van der Waals surface area contributed by atoms with Crippen LogP contribution in [0.4, 0.5) is 0 Å². The number of ketones is 1. The minimum atomic E-state index is -1.87. The molecule has 480 valence electrons. The van der Waals surface area contributed by atoms with Gasteiger partial charge in [0.15, 0.2) is 5.78 Å². The number of esters is 2. The number of nitrogens with two attached hydrogens (primary N) is 1. The zero-order chi connectivity index (χ0) is 62.5. The van der Waals surface area contributed by atoms with E-state index in [1.54, 1.807) is 61.8 Å². The molecular weight excluding hydrogens is 1300 g/mol. The van der Waals surface area contributed by atoms with E-state index < -0.39 is 63.7 Å². The molecule has 2 saturated heterocycles. The van der Waals surface area contributed by atoms with Crippen LogP contribution in [0.25, 0.3) is 20.4 Å². The zero-order valence-electron chi connectivity index (χ0n) is 51.5. The van der Waals surface area contributed by atoms with E-state index in [1.807, 2.05) is 56.3 Å². The van der Waals surface area contributed by atoms with Crippen molar-refractivity contribution >= 4 is 79.2 Å². The van der Waals surface area contributed by atoms with Gasteiger partial charge in [-0.2, -0.15) is 0 Å². The summed E-state index contributed by atoms with van der Waals surface area (Å²) in [4.78, 5) is 108. The minimum absolute atomic E-state index is 0.